The molecule has 1 aliphatic rings. The number of anilines is 4. The van der Waals surface area contributed by atoms with Crippen LogP contribution in [0.4, 0.5) is 22.7 Å². The first kappa shape index (κ1) is 27.2. The maximum absolute atomic E-state index is 2.33. The van der Waals surface area contributed by atoms with Crippen molar-refractivity contribution in [3.63, 3.8) is 0 Å². The Bertz CT molecular complexity index is 1980. The van der Waals surface area contributed by atoms with Crippen molar-refractivity contribution in [2.45, 2.75) is 6.42 Å². The number of fused-ring (bicyclic) bond motifs is 1. The zero-order valence-electron chi connectivity index (χ0n) is 24.8. The van der Waals surface area contributed by atoms with Crippen LogP contribution in [0.5, 0.6) is 0 Å². The van der Waals surface area contributed by atoms with Gasteiger partial charge in [-0.1, -0.05) is 127 Å². The maximum atomic E-state index is 2.33. The van der Waals surface area contributed by atoms with Crippen LogP contribution in [0.15, 0.2) is 182 Å². The number of rotatable bonds is 7. The number of para-hydroxylation sites is 1. The van der Waals surface area contributed by atoms with Crippen LogP contribution < -0.4 is 9.80 Å². The van der Waals surface area contributed by atoms with Crippen LogP contribution in [-0.2, 0) is 0 Å². The molecule has 0 saturated carbocycles. The Labute approximate surface area is 260 Å². The molecule has 0 bridgehead atoms. The summed E-state index contributed by atoms with van der Waals surface area (Å²) in [7, 11) is 2.16. The smallest absolute Gasteiger partial charge is 0.0487 e. The highest BCUT2D eigenvalue weighted by atomic mass is 15.1. The van der Waals surface area contributed by atoms with Crippen LogP contribution in [0.2, 0.25) is 0 Å². The molecule has 0 heterocycles. The van der Waals surface area contributed by atoms with Crippen molar-refractivity contribution in [2.24, 2.45) is 0 Å². The lowest BCUT2D eigenvalue weighted by molar-refractivity contribution is 1.13. The zero-order valence-corrected chi connectivity index (χ0v) is 24.8. The van der Waals surface area contributed by atoms with Gasteiger partial charge in [-0.2, -0.15) is 0 Å². The van der Waals surface area contributed by atoms with Crippen molar-refractivity contribution >= 4 is 39.1 Å². The molecule has 0 radical (unpaired) electrons. The van der Waals surface area contributed by atoms with E-state index >= 15 is 0 Å². The van der Waals surface area contributed by atoms with E-state index in [1.54, 1.807) is 0 Å². The molecule has 0 spiro atoms. The average Bonchev–Trinajstić information content (AvgIpc) is 3.36. The third kappa shape index (κ3) is 5.58. The second-order valence-electron chi connectivity index (χ2n) is 11.0. The third-order valence-electron chi connectivity index (χ3n) is 8.30. The minimum Gasteiger partial charge on any atom is -0.344 e. The molecule has 0 N–H and O–H groups in total. The summed E-state index contributed by atoms with van der Waals surface area (Å²) in [5.74, 6) is 0. The summed E-state index contributed by atoms with van der Waals surface area (Å²) in [6.45, 7) is 0. The number of likely N-dealkylation sites (N-methyl/N-ethyl adjacent to an activating group) is 1. The van der Waals surface area contributed by atoms with E-state index in [0.717, 1.165) is 23.5 Å². The fraction of sp³-hybridized carbons (Fsp3) is 0.0476. The van der Waals surface area contributed by atoms with Crippen LogP contribution in [0.25, 0.3) is 27.5 Å². The second kappa shape index (κ2) is 12.3. The summed E-state index contributed by atoms with van der Waals surface area (Å²) in [4.78, 5) is 4.62. The molecule has 2 nitrogen and oxygen atoms in total. The molecule has 0 aromatic heterocycles. The van der Waals surface area contributed by atoms with Crippen molar-refractivity contribution in [3.05, 3.63) is 187 Å². The highest BCUT2D eigenvalue weighted by Crippen LogP contribution is 2.37. The van der Waals surface area contributed by atoms with Gasteiger partial charge in [0.25, 0.3) is 0 Å². The summed E-state index contributed by atoms with van der Waals surface area (Å²) in [6, 6.07) is 53.9. The van der Waals surface area contributed by atoms with E-state index in [1.807, 2.05) is 0 Å². The molecule has 0 fully saturated rings. The first-order valence-corrected chi connectivity index (χ1v) is 15.2. The van der Waals surface area contributed by atoms with Crippen molar-refractivity contribution < 1.29 is 0 Å². The van der Waals surface area contributed by atoms with E-state index in [-0.39, 0.29) is 0 Å². The van der Waals surface area contributed by atoms with Crippen LogP contribution in [0.3, 0.4) is 0 Å². The van der Waals surface area contributed by atoms with E-state index in [1.165, 1.54) is 44.4 Å². The first-order valence-electron chi connectivity index (χ1n) is 15.2. The molecule has 1 aliphatic carbocycles. The summed E-state index contributed by atoms with van der Waals surface area (Å²) >= 11 is 0. The van der Waals surface area contributed by atoms with Gasteiger partial charge in [-0.25, -0.2) is 0 Å². The van der Waals surface area contributed by atoms with Crippen LogP contribution in [0, 0.1) is 0 Å². The molecule has 0 saturated heterocycles. The SMILES string of the molecule is CN(C1=CCC=C(c2ccc(N(c3ccccc3)c3cccc(-c4ccccc4)c3)cc2)C=C1)c1cccc2ccccc12. The minimum atomic E-state index is 0.872. The lowest BCUT2D eigenvalue weighted by atomic mass is 10.0. The molecule has 0 aliphatic heterocycles. The summed E-state index contributed by atoms with van der Waals surface area (Å²) in [5, 5.41) is 2.52. The molecule has 6 aromatic rings. The van der Waals surface area contributed by atoms with Crippen molar-refractivity contribution in [1.82, 2.24) is 0 Å². The number of nitrogens with zero attached hydrogens (tertiary/aromatic N) is 2. The largest absolute Gasteiger partial charge is 0.344 e. The Balaban J connectivity index is 1.16. The van der Waals surface area contributed by atoms with Gasteiger partial charge in [0, 0.05) is 40.9 Å². The van der Waals surface area contributed by atoms with Crippen molar-refractivity contribution in [1.29, 1.82) is 0 Å². The van der Waals surface area contributed by atoms with Crippen molar-refractivity contribution in [3.8, 4) is 11.1 Å². The Kier molecular flexibility index (Phi) is 7.63. The topological polar surface area (TPSA) is 6.48 Å². The average molecular weight is 567 g/mol. The van der Waals surface area contributed by atoms with Gasteiger partial charge in [0.05, 0.1) is 0 Å². The van der Waals surface area contributed by atoms with E-state index in [4.69, 9.17) is 0 Å². The molecule has 0 amide bonds. The molecule has 0 atom stereocenters. The predicted molar refractivity (Wildman–Crippen MR) is 189 cm³/mol. The van der Waals surface area contributed by atoms with Gasteiger partial charge in [-0.05, 0) is 82.6 Å². The Morgan fingerprint density at radius 1 is 0.477 bits per heavy atom. The molecule has 2 heteroatoms. The van der Waals surface area contributed by atoms with E-state index < -0.39 is 0 Å². The molecule has 7 rings (SSSR count). The van der Waals surface area contributed by atoms with Gasteiger partial charge in [0.15, 0.2) is 0 Å². The van der Waals surface area contributed by atoms with E-state index in [9.17, 15) is 0 Å². The van der Waals surface area contributed by atoms with Crippen molar-refractivity contribution in [2.75, 3.05) is 16.8 Å². The molecule has 0 unspecified atom stereocenters. The zero-order chi connectivity index (χ0) is 29.7. The molecular formula is C42H34N2. The van der Waals surface area contributed by atoms with E-state index in [2.05, 4.69) is 193 Å². The Morgan fingerprint density at radius 2 is 1.11 bits per heavy atom. The first-order chi connectivity index (χ1) is 21.7. The molecular weight excluding hydrogens is 532 g/mol. The van der Waals surface area contributed by atoms with Gasteiger partial charge >= 0.3 is 0 Å². The highest BCUT2D eigenvalue weighted by molar-refractivity contribution is 5.95. The van der Waals surface area contributed by atoms with Gasteiger partial charge < -0.3 is 9.80 Å². The van der Waals surface area contributed by atoms with E-state index in [0.29, 0.717) is 0 Å². The predicted octanol–water partition coefficient (Wildman–Crippen LogP) is 11.3. The van der Waals surface area contributed by atoms with Crippen LogP contribution in [-0.4, -0.2) is 7.05 Å². The second-order valence-corrected chi connectivity index (χ2v) is 11.0. The highest BCUT2D eigenvalue weighted by Gasteiger charge is 2.14. The summed E-state index contributed by atoms with van der Waals surface area (Å²) in [6.07, 6.45) is 9.97. The fourth-order valence-corrected chi connectivity index (χ4v) is 6.00. The number of benzene rings is 6. The Hall–Kier alpha value is -5.60. The van der Waals surface area contributed by atoms with Gasteiger partial charge in [-0.3, -0.25) is 0 Å². The van der Waals surface area contributed by atoms with Crippen LogP contribution in [0.1, 0.15) is 12.0 Å². The van der Waals surface area contributed by atoms with Gasteiger partial charge in [0.1, 0.15) is 0 Å². The van der Waals surface area contributed by atoms with Gasteiger partial charge in [-0.15, -0.1) is 0 Å². The maximum Gasteiger partial charge on any atom is 0.0487 e. The molecule has 6 aromatic carbocycles. The fourth-order valence-electron chi connectivity index (χ4n) is 6.00. The Morgan fingerprint density at radius 3 is 1.93 bits per heavy atom. The van der Waals surface area contributed by atoms with Crippen LogP contribution >= 0.6 is 0 Å². The number of allylic oxidation sites excluding steroid dienone is 5. The molecule has 44 heavy (non-hydrogen) atoms. The standard InChI is InChI=1S/C42H34N2/c1-43(42-24-12-17-35-15-8-9-23-41(35)42)37-21-10-16-33(25-28-37)34-26-29-39(30-27-34)44(38-19-6-3-7-20-38)40-22-11-18-36(31-40)32-13-4-2-5-14-32/h2-9,11-31H,10H2,1H3. The minimum absolute atomic E-state index is 0.872. The number of hydrogen-bond acceptors (Lipinski definition) is 2. The lowest BCUT2D eigenvalue weighted by Gasteiger charge is -2.26. The normalized spacial score (nSPS) is 12.8. The third-order valence-corrected chi connectivity index (χ3v) is 8.30. The summed E-state index contributed by atoms with van der Waals surface area (Å²) < 4.78 is 0. The summed E-state index contributed by atoms with van der Waals surface area (Å²) in [5.41, 5.74) is 10.6. The lowest BCUT2D eigenvalue weighted by Crippen LogP contribution is -2.15. The monoisotopic (exact) mass is 566 g/mol. The number of hydrogen-bond donors (Lipinski definition) is 0. The quantitative estimate of drug-likeness (QED) is 0.190. The molecule has 212 valence electrons. The van der Waals surface area contributed by atoms with Gasteiger partial charge in [0.2, 0.25) is 0 Å².